The summed E-state index contributed by atoms with van der Waals surface area (Å²) in [5.74, 6) is 2.54. The largest absolute Gasteiger partial charge is 0.326 e. The van der Waals surface area contributed by atoms with Gasteiger partial charge >= 0.3 is 0 Å². The Balaban J connectivity index is 2.22. The number of thiazole rings is 1. The van der Waals surface area contributed by atoms with Crippen molar-refractivity contribution in [3.05, 3.63) is 15.6 Å². The molecule has 1 saturated heterocycles. The summed E-state index contributed by atoms with van der Waals surface area (Å²) in [5.41, 5.74) is 7.02. The minimum absolute atomic E-state index is 0.592. The highest BCUT2D eigenvalue weighted by molar-refractivity contribution is 8.06. The smallest absolute Gasteiger partial charge is 0.107 e. The Morgan fingerprint density at radius 3 is 2.65 bits per heavy atom. The van der Waals surface area contributed by atoms with Crippen LogP contribution in [0.3, 0.4) is 0 Å². The molecule has 0 aliphatic carbocycles. The molecular weight excluding hydrogens is 268 g/mol. The van der Waals surface area contributed by atoms with Crippen LogP contribution in [0.5, 0.6) is 0 Å². The summed E-state index contributed by atoms with van der Waals surface area (Å²) < 4.78 is 0. The maximum Gasteiger partial charge on any atom is 0.107 e. The fourth-order valence-electron chi connectivity index (χ4n) is 2.09. The number of hydrogen-bond donors (Lipinski definition) is 1. The van der Waals surface area contributed by atoms with Gasteiger partial charge in [0.2, 0.25) is 0 Å². The lowest BCUT2D eigenvalue weighted by atomic mass is 10.2. The molecule has 2 atom stereocenters. The van der Waals surface area contributed by atoms with Gasteiger partial charge < -0.3 is 5.73 Å². The number of aryl methyl sites for hydroxylation is 1. The van der Waals surface area contributed by atoms with E-state index in [1.54, 1.807) is 0 Å². The molecule has 96 valence electrons. The van der Waals surface area contributed by atoms with Crippen LogP contribution in [-0.2, 0) is 13.0 Å². The molecule has 0 amide bonds. The molecule has 1 aromatic heterocycles. The summed E-state index contributed by atoms with van der Waals surface area (Å²) in [4.78, 5) is 6.11. The number of nitrogens with two attached hydrogens (primary N) is 1. The molecule has 17 heavy (non-hydrogen) atoms. The molecule has 0 saturated carbocycles. The van der Waals surface area contributed by atoms with E-state index in [1.165, 1.54) is 33.5 Å². The molecule has 1 aromatic rings. The Hall–Kier alpha value is 0.290. The van der Waals surface area contributed by atoms with Crippen molar-refractivity contribution in [1.29, 1.82) is 0 Å². The van der Waals surface area contributed by atoms with Crippen LogP contribution in [0.4, 0.5) is 0 Å². The molecule has 2 rings (SSSR count). The Morgan fingerprint density at radius 2 is 2.06 bits per heavy atom. The van der Waals surface area contributed by atoms with Crippen LogP contribution in [0.25, 0.3) is 0 Å². The number of nitrogens with zero attached hydrogens (tertiary/aromatic N) is 1. The van der Waals surface area contributed by atoms with Gasteiger partial charge in [0.15, 0.2) is 0 Å². The number of rotatable bonds is 4. The van der Waals surface area contributed by atoms with Gasteiger partial charge in [-0.05, 0) is 12.8 Å². The summed E-state index contributed by atoms with van der Waals surface area (Å²) in [5, 5.41) is 2.64. The van der Waals surface area contributed by atoms with Crippen LogP contribution in [-0.4, -0.2) is 21.7 Å². The molecule has 2 unspecified atom stereocenters. The van der Waals surface area contributed by atoms with E-state index in [1.807, 2.05) is 11.3 Å². The third-order valence-corrected chi connectivity index (χ3v) is 7.62. The fraction of sp³-hybridized carbons (Fsp3) is 0.750. The van der Waals surface area contributed by atoms with Gasteiger partial charge in [0.05, 0.1) is 10.9 Å². The molecule has 5 heteroatoms. The van der Waals surface area contributed by atoms with Crippen molar-refractivity contribution in [2.24, 2.45) is 5.73 Å². The second-order valence-corrected chi connectivity index (χ2v) is 7.80. The first kappa shape index (κ1) is 13.7. The topological polar surface area (TPSA) is 38.9 Å². The highest BCUT2D eigenvalue weighted by Crippen LogP contribution is 2.45. The summed E-state index contributed by atoms with van der Waals surface area (Å²) >= 11 is 6.03. The van der Waals surface area contributed by atoms with Crippen molar-refractivity contribution in [2.45, 2.75) is 43.7 Å². The number of hydrogen-bond acceptors (Lipinski definition) is 5. The fourth-order valence-corrected chi connectivity index (χ4v) is 6.55. The third kappa shape index (κ3) is 3.00. The molecular formula is C12H20N2S3. The number of thioether (sulfide) groups is 2. The predicted octanol–water partition coefficient (Wildman–Crippen LogP) is 3.46. The molecule has 1 aliphatic rings. The minimum atomic E-state index is 0.592. The average Bonchev–Trinajstić information content (AvgIpc) is 2.81. The van der Waals surface area contributed by atoms with E-state index in [-0.39, 0.29) is 0 Å². The van der Waals surface area contributed by atoms with Gasteiger partial charge in [-0.3, -0.25) is 0 Å². The SMILES string of the molecule is CCc1nc(C2SCCSC2CC)sc1CN. The van der Waals surface area contributed by atoms with E-state index < -0.39 is 0 Å². The van der Waals surface area contributed by atoms with Gasteiger partial charge in [0.1, 0.15) is 5.01 Å². The van der Waals surface area contributed by atoms with Crippen LogP contribution in [0, 0.1) is 0 Å². The lowest BCUT2D eigenvalue weighted by Crippen LogP contribution is -2.18. The Labute approximate surface area is 116 Å². The van der Waals surface area contributed by atoms with E-state index in [4.69, 9.17) is 10.7 Å². The molecule has 2 N–H and O–H groups in total. The van der Waals surface area contributed by atoms with Crippen LogP contribution in [0.2, 0.25) is 0 Å². The molecule has 1 fully saturated rings. The summed E-state index contributed by atoms with van der Waals surface area (Å²) in [6, 6.07) is 0. The Morgan fingerprint density at radius 1 is 1.29 bits per heavy atom. The molecule has 2 nitrogen and oxygen atoms in total. The summed E-state index contributed by atoms with van der Waals surface area (Å²) in [7, 11) is 0. The maximum absolute atomic E-state index is 5.79. The Kier molecular flexibility index (Phi) is 5.21. The van der Waals surface area contributed by atoms with Gasteiger partial charge in [-0.1, -0.05) is 13.8 Å². The quantitative estimate of drug-likeness (QED) is 0.921. The van der Waals surface area contributed by atoms with Crippen molar-refractivity contribution in [2.75, 3.05) is 11.5 Å². The van der Waals surface area contributed by atoms with Crippen molar-refractivity contribution >= 4 is 34.9 Å². The first-order chi connectivity index (χ1) is 8.30. The second-order valence-electron chi connectivity index (χ2n) is 4.09. The van der Waals surface area contributed by atoms with Crippen LogP contribution in [0.15, 0.2) is 0 Å². The Bertz CT molecular complexity index is 343. The molecule has 0 radical (unpaired) electrons. The maximum atomic E-state index is 5.79. The minimum Gasteiger partial charge on any atom is -0.326 e. The standard InChI is InChI=1S/C12H20N2S3/c1-3-8-10(7-13)17-12(14-8)11-9(4-2)15-5-6-16-11/h9,11H,3-7,13H2,1-2H3. The zero-order valence-corrected chi connectivity index (χ0v) is 12.9. The normalized spacial score (nSPS) is 25.1. The van der Waals surface area contributed by atoms with Crippen LogP contribution < -0.4 is 5.73 Å². The van der Waals surface area contributed by atoms with Crippen molar-refractivity contribution in [3.8, 4) is 0 Å². The number of aromatic nitrogens is 1. The third-order valence-electron chi connectivity index (χ3n) is 3.01. The van der Waals surface area contributed by atoms with Gasteiger partial charge in [-0.2, -0.15) is 11.8 Å². The van der Waals surface area contributed by atoms with E-state index >= 15 is 0 Å². The summed E-state index contributed by atoms with van der Waals surface area (Å²) in [6.45, 7) is 5.09. The van der Waals surface area contributed by atoms with Gasteiger partial charge in [-0.25, -0.2) is 4.98 Å². The highest BCUT2D eigenvalue weighted by atomic mass is 32.2. The van der Waals surface area contributed by atoms with E-state index in [0.29, 0.717) is 11.8 Å². The van der Waals surface area contributed by atoms with Gasteiger partial charge in [0.25, 0.3) is 0 Å². The van der Waals surface area contributed by atoms with E-state index in [0.717, 1.165) is 11.7 Å². The molecule has 1 aliphatic heterocycles. The van der Waals surface area contributed by atoms with Gasteiger partial charge in [0, 0.05) is 28.2 Å². The lowest BCUT2D eigenvalue weighted by Gasteiger charge is -2.28. The van der Waals surface area contributed by atoms with Crippen LogP contribution >= 0.6 is 34.9 Å². The molecule has 2 heterocycles. The second kappa shape index (κ2) is 6.45. The first-order valence-electron chi connectivity index (χ1n) is 6.21. The first-order valence-corrected chi connectivity index (χ1v) is 9.13. The van der Waals surface area contributed by atoms with Crippen molar-refractivity contribution in [3.63, 3.8) is 0 Å². The van der Waals surface area contributed by atoms with E-state index in [9.17, 15) is 0 Å². The molecule has 0 aromatic carbocycles. The van der Waals surface area contributed by atoms with Crippen molar-refractivity contribution < 1.29 is 0 Å². The zero-order valence-electron chi connectivity index (χ0n) is 10.4. The average molecular weight is 289 g/mol. The predicted molar refractivity (Wildman–Crippen MR) is 81.1 cm³/mol. The van der Waals surface area contributed by atoms with Crippen molar-refractivity contribution in [1.82, 2.24) is 4.98 Å². The highest BCUT2D eigenvalue weighted by Gasteiger charge is 2.29. The monoisotopic (exact) mass is 288 g/mol. The molecule has 0 spiro atoms. The zero-order chi connectivity index (χ0) is 12.3. The van der Waals surface area contributed by atoms with Crippen LogP contribution in [0.1, 0.15) is 41.1 Å². The lowest BCUT2D eigenvalue weighted by molar-refractivity contribution is 0.784. The van der Waals surface area contributed by atoms with Gasteiger partial charge in [-0.15, -0.1) is 23.1 Å². The van der Waals surface area contributed by atoms with E-state index in [2.05, 4.69) is 37.4 Å². The summed E-state index contributed by atoms with van der Waals surface area (Å²) in [6.07, 6.45) is 2.24. The molecule has 0 bridgehead atoms.